The van der Waals surface area contributed by atoms with Crippen molar-refractivity contribution in [1.29, 1.82) is 0 Å². The molecule has 0 N–H and O–H groups in total. The molecule has 17 heavy (non-hydrogen) atoms. The predicted molar refractivity (Wildman–Crippen MR) is 67.1 cm³/mol. The van der Waals surface area contributed by atoms with Gasteiger partial charge in [-0.1, -0.05) is 36.4 Å². The summed E-state index contributed by atoms with van der Waals surface area (Å²) in [5, 5.41) is 0. The molecule has 1 heterocycles. The number of rotatable bonds is 1. The van der Waals surface area contributed by atoms with Gasteiger partial charge in [0.05, 0.1) is 6.26 Å². The van der Waals surface area contributed by atoms with Gasteiger partial charge >= 0.3 is 0 Å². The van der Waals surface area contributed by atoms with Crippen LogP contribution in [-0.2, 0) is 0 Å². The molecule has 0 aliphatic heterocycles. The second-order valence-electron chi connectivity index (χ2n) is 5.00. The summed E-state index contributed by atoms with van der Waals surface area (Å²) in [6.07, 6.45) is 7.70. The molecule has 0 amide bonds. The Balaban J connectivity index is 1.84. The first kappa shape index (κ1) is 9.29. The van der Waals surface area contributed by atoms with Crippen molar-refractivity contribution in [3.05, 3.63) is 71.7 Å². The van der Waals surface area contributed by atoms with Crippen molar-refractivity contribution in [1.82, 2.24) is 0 Å². The van der Waals surface area contributed by atoms with Crippen LogP contribution in [0.4, 0.5) is 0 Å². The Kier molecular flexibility index (Phi) is 1.84. The van der Waals surface area contributed by atoms with E-state index in [1.807, 2.05) is 6.07 Å². The maximum absolute atomic E-state index is 5.59. The van der Waals surface area contributed by atoms with E-state index in [2.05, 4.69) is 42.5 Å². The molecule has 1 aromatic heterocycles. The van der Waals surface area contributed by atoms with E-state index in [1.54, 1.807) is 6.26 Å². The summed E-state index contributed by atoms with van der Waals surface area (Å²) in [5.74, 6) is 2.75. The van der Waals surface area contributed by atoms with Gasteiger partial charge in [-0.2, -0.15) is 0 Å². The van der Waals surface area contributed by atoms with Crippen LogP contribution in [0, 0.1) is 0 Å². The lowest BCUT2D eigenvalue weighted by molar-refractivity contribution is 0.442. The van der Waals surface area contributed by atoms with Crippen molar-refractivity contribution in [3.63, 3.8) is 0 Å². The smallest absolute Gasteiger partial charge is 0.111 e. The molecule has 0 saturated carbocycles. The zero-order valence-electron chi connectivity index (χ0n) is 9.54. The Morgan fingerprint density at radius 1 is 0.941 bits per heavy atom. The van der Waals surface area contributed by atoms with Crippen molar-refractivity contribution in [2.75, 3.05) is 0 Å². The Morgan fingerprint density at radius 3 is 2.65 bits per heavy atom. The summed E-state index contributed by atoms with van der Waals surface area (Å²) in [4.78, 5) is 0. The van der Waals surface area contributed by atoms with Crippen LogP contribution in [0.5, 0.6) is 0 Å². The van der Waals surface area contributed by atoms with Gasteiger partial charge in [-0.05, 0) is 35.6 Å². The molecular weight excluding hydrogens is 208 g/mol. The number of benzene rings is 1. The van der Waals surface area contributed by atoms with Crippen LogP contribution < -0.4 is 0 Å². The van der Waals surface area contributed by atoms with Crippen molar-refractivity contribution >= 4 is 0 Å². The maximum Gasteiger partial charge on any atom is 0.111 e. The third-order valence-electron chi connectivity index (χ3n) is 4.16. The molecule has 0 fully saturated rings. The van der Waals surface area contributed by atoms with Gasteiger partial charge in [-0.25, -0.2) is 0 Å². The zero-order valence-corrected chi connectivity index (χ0v) is 9.54. The Labute approximate surface area is 101 Å². The number of allylic oxidation sites excluding steroid dienone is 2. The highest BCUT2D eigenvalue weighted by Gasteiger charge is 2.38. The summed E-state index contributed by atoms with van der Waals surface area (Å²) in [6, 6.07) is 12.9. The fourth-order valence-corrected chi connectivity index (χ4v) is 3.40. The molecule has 2 aromatic rings. The van der Waals surface area contributed by atoms with Gasteiger partial charge in [0.1, 0.15) is 5.76 Å². The molecule has 2 unspecified atom stereocenters. The molecule has 2 bridgehead atoms. The number of hydrogen-bond donors (Lipinski definition) is 0. The lowest BCUT2D eigenvalue weighted by Crippen LogP contribution is -2.08. The molecule has 1 heteroatoms. The van der Waals surface area contributed by atoms with Gasteiger partial charge in [0.25, 0.3) is 0 Å². The van der Waals surface area contributed by atoms with E-state index < -0.39 is 0 Å². The monoisotopic (exact) mass is 222 g/mol. The van der Waals surface area contributed by atoms with Crippen LogP contribution in [0.1, 0.15) is 41.1 Å². The Hall–Kier alpha value is -1.76. The van der Waals surface area contributed by atoms with E-state index in [1.165, 1.54) is 17.5 Å². The van der Waals surface area contributed by atoms with Gasteiger partial charge < -0.3 is 4.42 Å². The fourth-order valence-electron chi connectivity index (χ4n) is 3.40. The van der Waals surface area contributed by atoms with Gasteiger partial charge in [0.2, 0.25) is 0 Å². The van der Waals surface area contributed by atoms with Crippen LogP contribution in [0.3, 0.4) is 0 Å². The molecule has 1 nitrogen and oxygen atoms in total. The SMILES string of the molecule is C1=C[C@H](c2ccco2)C2CC1c1ccccc12. The minimum absolute atomic E-state index is 0.421. The van der Waals surface area contributed by atoms with E-state index in [-0.39, 0.29) is 0 Å². The van der Waals surface area contributed by atoms with E-state index in [9.17, 15) is 0 Å². The topological polar surface area (TPSA) is 13.1 Å². The predicted octanol–water partition coefficient (Wildman–Crippen LogP) is 4.20. The average molecular weight is 222 g/mol. The van der Waals surface area contributed by atoms with Crippen molar-refractivity contribution < 1.29 is 4.42 Å². The zero-order chi connectivity index (χ0) is 11.2. The summed E-state index contributed by atoms with van der Waals surface area (Å²) in [6.45, 7) is 0. The number of hydrogen-bond acceptors (Lipinski definition) is 1. The molecule has 84 valence electrons. The second kappa shape index (κ2) is 3.36. The largest absolute Gasteiger partial charge is 0.469 e. The van der Waals surface area contributed by atoms with E-state index >= 15 is 0 Å². The lowest BCUT2D eigenvalue weighted by Gasteiger charge is -2.22. The summed E-state index contributed by atoms with van der Waals surface area (Å²) < 4.78 is 5.59. The highest BCUT2D eigenvalue weighted by atomic mass is 16.3. The molecule has 4 rings (SSSR count). The summed E-state index contributed by atoms with van der Waals surface area (Å²) in [7, 11) is 0. The van der Waals surface area contributed by atoms with Crippen molar-refractivity contribution in [2.45, 2.75) is 24.2 Å². The van der Waals surface area contributed by atoms with E-state index in [4.69, 9.17) is 4.42 Å². The molecule has 2 aliphatic carbocycles. The minimum Gasteiger partial charge on any atom is -0.469 e. The van der Waals surface area contributed by atoms with E-state index in [0.717, 1.165) is 5.76 Å². The van der Waals surface area contributed by atoms with E-state index in [0.29, 0.717) is 17.8 Å². The first-order valence-corrected chi connectivity index (χ1v) is 6.24. The maximum atomic E-state index is 5.59. The molecular formula is C16H14O. The Morgan fingerprint density at radius 2 is 1.82 bits per heavy atom. The lowest BCUT2D eigenvalue weighted by atomic mass is 9.81. The van der Waals surface area contributed by atoms with Crippen LogP contribution in [0.2, 0.25) is 0 Å². The molecule has 0 saturated heterocycles. The van der Waals surface area contributed by atoms with Crippen LogP contribution in [0.15, 0.2) is 59.2 Å². The van der Waals surface area contributed by atoms with Crippen molar-refractivity contribution in [3.8, 4) is 0 Å². The summed E-state index contributed by atoms with van der Waals surface area (Å²) >= 11 is 0. The molecule has 0 spiro atoms. The van der Waals surface area contributed by atoms with Crippen LogP contribution >= 0.6 is 0 Å². The fraction of sp³-hybridized carbons (Fsp3) is 0.250. The quantitative estimate of drug-likeness (QED) is 0.659. The minimum atomic E-state index is 0.421. The first-order chi connectivity index (χ1) is 8.43. The normalized spacial score (nSPS) is 29.3. The first-order valence-electron chi connectivity index (χ1n) is 6.24. The highest BCUT2D eigenvalue weighted by Crippen LogP contribution is 2.52. The van der Waals surface area contributed by atoms with Gasteiger partial charge in [-0.3, -0.25) is 0 Å². The molecule has 3 atom stereocenters. The van der Waals surface area contributed by atoms with Crippen LogP contribution in [0.25, 0.3) is 0 Å². The standard InChI is InChI=1S/C16H14O/c1-2-5-13-12(4-1)11-7-8-14(15(13)10-11)16-6-3-9-17-16/h1-9,11,14-15H,10H2/t11?,14-,15?/m0/s1. The number of furan rings is 1. The molecule has 0 radical (unpaired) electrons. The average Bonchev–Trinajstić information content (AvgIpc) is 3.00. The third kappa shape index (κ3) is 1.25. The Bertz CT molecular complexity index is 565. The third-order valence-corrected chi connectivity index (χ3v) is 4.16. The summed E-state index contributed by atoms with van der Waals surface area (Å²) in [5.41, 5.74) is 3.03. The van der Waals surface area contributed by atoms with Crippen LogP contribution in [-0.4, -0.2) is 0 Å². The molecule has 1 aromatic carbocycles. The van der Waals surface area contributed by atoms with Gasteiger partial charge in [0.15, 0.2) is 0 Å². The van der Waals surface area contributed by atoms with Crippen molar-refractivity contribution in [2.24, 2.45) is 0 Å². The second-order valence-corrected chi connectivity index (χ2v) is 5.00. The molecule has 2 aliphatic rings. The van der Waals surface area contributed by atoms with Gasteiger partial charge in [-0.15, -0.1) is 0 Å². The number of fused-ring (bicyclic) bond motifs is 5. The highest BCUT2D eigenvalue weighted by molar-refractivity contribution is 5.46. The van der Waals surface area contributed by atoms with Gasteiger partial charge in [0, 0.05) is 11.8 Å².